The van der Waals surface area contributed by atoms with Crippen LogP contribution in [0.1, 0.15) is 17.8 Å². The minimum Gasteiger partial charge on any atom is -0.377 e. The Morgan fingerprint density at radius 2 is 2.00 bits per heavy atom. The largest absolute Gasteiger partial charge is 0.377 e. The van der Waals surface area contributed by atoms with Crippen LogP contribution >= 0.6 is 57.1 Å². The Morgan fingerprint density at radius 3 is 2.59 bits per heavy atom. The van der Waals surface area contributed by atoms with E-state index in [1.165, 1.54) is 4.88 Å². The van der Waals surface area contributed by atoms with Crippen LogP contribution in [0.2, 0.25) is 9.36 Å². The van der Waals surface area contributed by atoms with Crippen molar-refractivity contribution >= 4 is 62.8 Å². The molecule has 1 atom stereocenters. The second-order valence-electron chi connectivity index (χ2n) is 3.63. The Balaban J connectivity index is 2.15. The molecule has 2 rings (SSSR count). The van der Waals surface area contributed by atoms with Gasteiger partial charge in [-0.3, -0.25) is 0 Å². The van der Waals surface area contributed by atoms with Crippen molar-refractivity contribution in [2.24, 2.45) is 0 Å². The van der Waals surface area contributed by atoms with Gasteiger partial charge in [0.15, 0.2) is 0 Å². The highest BCUT2D eigenvalue weighted by molar-refractivity contribution is 14.1. The maximum absolute atomic E-state index is 5.93. The van der Waals surface area contributed by atoms with Crippen molar-refractivity contribution in [2.75, 3.05) is 5.32 Å². The monoisotopic (exact) mass is 397 g/mol. The summed E-state index contributed by atoms with van der Waals surface area (Å²) in [7, 11) is 0. The third kappa shape index (κ3) is 3.50. The molecule has 1 aromatic heterocycles. The molecule has 0 aliphatic carbocycles. The fourth-order valence-electron chi connectivity index (χ4n) is 1.47. The highest BCUT2D eigenvalue weighted by Gasteiger charge is 2.09. The molecule has 0 fully saturated rings. The number of thiophene rings is 1. The second kappa shape index (κ2) is 5.78. The van der Waals surface area contributed by atoms with E-state index in [0.717, 1.165) is 18.6 Å². The summed E-state index contributed by atoms with van der Waals surface area (Å²) in [5.74, 6) is 0. The predicted molar refractivity (Wildman–Crippen MR) is 85.5 cm³/mol. The zero-order valence-electron chi connectivity index (χ0n) is 9.01. The summed E-state index contributed by atoms with van der Waals surface area (Å²) in [5.41, 5.74) is 1.09. The highest BCUT2D eigenvalue weighted by Crippen LogP contribution is 2.31. The van der Waals surface area contributed by atoms with Gasteiger partial charge in [0.1, 0.15) is 0 Å². The van der Waals surface area contributed by atoms with Gasteiger partial charge in [-0.1, -0.05) is 23.2 Å². The van der Waals surface area contributed by atoms with Gasteiger partial charge in [-0.25, -0.2) is 0 Å². The number of rotatable bonds is 3. The summed E-state index contributed by atoms with van der Waals surface area (Å²) in [4.78, 5) is 1.22. The van der Waals surface area contributed by atoms with Crippen molar-refractivity contribution in [3.05, 3.63) is 48.1 Å². The molecule has 0 aliphatic rings. The fraction of sp³-hybridized carbons (Fsp3) is 0.167. The summed E-state index contributed by atoms with van der Waals surface area (Å²) in [5, 5.41) is 4.21. The van der Waals surface area contributed by atoms with E-state index in [1.54, 1.807) is 11.3 Å². The zero-order valence-corrected chi connectivity index (χ0v) is 13.5. The van der Waals surface area contributed by atoms with E-state index in [4.69, 9.17) is 23.2 Å². The van der Waals surface area contributed by atoms with Gasteiger partial charge in [0.25, 0.3) is 0 Å². The topological polar surface area (TPSA) is 12.0 Å². The van der Waals surface area contributed by atoms with Crippen molar-refractivity contribution < 1.29 is 0 Å². The third-order valence-electron chi connectivity index (χ3n) is 2.32. The molecule has 1 nitrogen and oxygen atoms in total. The molecule has 1 aromatic carbocycles. The van der Waals surface area contributed by atoms with Crippen LogP contribution in [0.25, 0.3) is 0 Å². The molecule has 0 bridgehead atoms. The van der Waals surface area contributed by atoms with Gasteiger partial charge < -0.3 is 5.32 Å². The van der Waals surface area contributed by atoms with E-state index in [9.17, 15) is 0 Å². The number of nitrogens with one attached hydrogen (secondary N) is 1. The first-order valence-corrected chi connectivity index (χ1v) is 7.68. The average molecular weight is 398 g/mol. The van der Waals surface area contributed by atoms with Gasteiger partial charge in [0, 0.05) is 19.2 Å². The second-order valence-corrected chi connectivity index (χ2v) is 6.98. The molecule has 1 heterocycles. The van der Waals surface area contributed by atoms with Gasteiger partial charge >= 0.3 is 0 Å². The Hall–Kier alpha value is 0.0300. The first-order chi connectivity index (χ1) is 8.06. The molecule has 0 radical (unpaired) electrons. The minimum absolute atomic E-state index is 0.238. The van der Waals surface area contributed by atoms with Crippen molar-refractivity contribution in [1.29, 1.82) is 0 Å². The minimum atomic E-state index is 0.238. The van der Waals surface area contributed by atoms with Gasteiger partial charge in [-0.2, -0.15) is 0 Å². The number of benzene rings is 1. The fourth-order valence-corrected chi connectivity index (χ4v) is 3.56. The maximum Gasteiger partial charge on any atom is 0.0932 e. The van der Waals surface area contributed by atoms with Gasteiger partial charge in [-0.15, -0.1) is 11.3 Å². The van der Waals surface area contributed by atoms with Crippen LogP contribution in [-0.4, -0.2) is 0 Å². The number of halogens is 3. The van der Waals surface area contributed by atoms with E-state index in [0.29, 0.717) is 0 Å². The van der Waals surface area contributed by atoms with Crippen molar-refractivity contribution in [3.63, 3.8) is 0 Å². The number of anilines is 1. The van der Waals surface area contributed by atoms with Crippen LogP contribution in [0.4, 0.5) is 5.69 Å². The zero-order chi connectivity index (χ0) is 12.4. The standard InChI is InChI=1S/C12H10Cl2INS/c1-7(11-4-5-12(14)17-11)16-10-3-2-8(13)6-9(10)15/h2-7,16H,1H3. The Kier molecular flexibility index (Phi) is 4.58. The molecular formula is C12H10Cl2INS. The van der Waals surface area contributed by atoms with E-state index >= 15 is 0 Å². The molecule has 0 saturated carbocycles. The lowest BCUT2D eigenvalue weighted by molar-refractivity contribution is 0.907. The van der Waals surface area contributed by atoms with Crippen LogP contribution in [0, 0.1) is 3.57 Å². The molecule has 0 spiro atoms. The van der Waals surface area contributed by atoms with E-state index < -0.39 is 0 Å². The lowest BCUT2D eigenvalue weighted by atomic mass is 10.2. The lowest BCUT2D eigenvalue weighted by Gasteiger charge is -2.15. The summed E-state index contributed by atoms with van der Waals surface area (Å²) in [6.45, 7) is 2.12. The van der Waals surface area contributed by atoms with Gasteiger partial charge in [0.05, 0.1) is 10.4 Å². The third-order valence-corrected chi connectivity index (χ3v) is 4.87. The van der Waals surface area contributed by atoms with Gasteiger partial charge in [0.2, 0.25) is 0 Å². The van der Waals surface area contributed by atoms with Crippen LogP contribution in [-0.2, 0) is 0 Å². The normalized spacial score (nSPS) is 12.5. The van der Waals surface area contributed by atoms with Crippen LogP contribution < -0.4 is 5.32 Å². The number of hydrogen-bond donors (Lipinski definition) is 1. The summed E-state index contributed by atoms with van der Waals surface area (Å²) < 4.78 is 1.93. The molecule has 0 aliphatic heterocycles. The lowest BCUT2D eigenvalue weighted by Crippen LogP contribution is -2.05. The molecule has 1 N–H and O–H groups in total. The summed E-state index contributed by atoms with van der Waals surface area (Å²) in [6, 6.07) is 10.0. The van der Waals surface area contributed by atoms with Gasteiger partial charge in [-0.05, 0) is 59.8 Å². The van der Waals surface area contributed by atoms with Crippen molar-refractivity contribution in [2.45, 2.75) is 13.0 Å². The molecule has 0 amide bonds. The molecule has 1 unspecified atom stereocenters. The molecule has 17 heavy (non-hydrogen) atoms. The first-order valence-electron chi connectivity index (χ1n) is 5.03. The molecule has 5 heteroatoms. The van der Waals surface area contributed by atoms with Crippen molar-refractivity contribution in [1.82, 2.24) is 0 Å². The average Bonchev–Trinajstić information content (AvgIpc) is 2.69. The summed E-state index contributed by atoms with van der Waals surface area (Å²) in [6.07, 6.45) is 0. The van der Waals surface area contributed by atoms with E-state index in [2.05, 4.69) is 34.8 Å². The Bertz CT molecular complexity index is 527. The number of hydrogen-bond acceptors (Lipinski definition) is 2. The van der Waals surface area contributed by atoms with Crippen LogP contribution in [0.3, 0.4) is 0 Å². The molecule has 2 aromatic rings. The van der Waals surface area contributed by atoms with Crippen LogP contribution in [0.5, 0.6) is 0 Å². The maximum atomic E-state index is 5.93. The van der Waals surface area contributed by atoms with E-state index in [1.807, 2.05) is 30.3 Å². The molecule has 0 saturated heterocycles. The highest BCUT2D eigenvalue weighted by atomic mass is 127. The Labute approximate surface area is 128 Å². The molecular weight excluding hydrogens is 388 g/mol. The van der Waals surface area contributed by atoms with Crippen LogP contribution in [0.15, 0.2) is 30.3 Å². The summed E-state index contributed by atoms with van der Waals surface area (Å²) >= 11 is 15.7. The Morgan fingerprint density at radius 1 is 1.24 bits per heavy atom. The quantitative estimate of drug-likeness (QED) is 0.642. The predicted octanol–water partition coefficient (Wildman–Crippen LogP) is 5.83. The van der Waals surface area contributed by atoms with E-state index in [-0.39, 0.29) is 6.04 Å². The first kappa shape index (κ1) is 13.5. The molecule has 90 valence electrons. The SMILES string of the molecule is CC(Nc1ccc(Cl)cc1I)c1ccc(Cl)s1. The smallest absolute Gasteiger partial charge is 0.0932 e. The van der Waals surface area contributed by atoms with Crippen molar-refractivity contribution in [3.8, 4) is 0 Å².